The van der Waals surface area contributed by atoms with Gasteiger partial charge in [0.1, 0.15) is 0 Å². The van der Waals surface area contributed by atoms with Gasteiger partial charge in [-0.15, -0.1) is 0 Å². The van der Waals surface area contributed by atoms with Crippen LogP contribution in [0.25, 0.3) is 0 Å². The average molecular weight is 237 g/mol. The highest BCUT2D eigenvalue weighted by Crippen LogP contribution is 2.13. The molecule has 0 bridgehead atoms. The van der Waals surface area contributed by atoms with Crippen LogP contribution in [-0.2, 0) is 14.3 Å². The number of ether oxygens (including phenoxy) is 2. The Morgan fingerprint density at radius 1 is 1.29 bits per heavy atom. The molecule has 1 atom stereocenters. The Hall–Kier alpha value is -1.88. The maximum atomic E-state index is 11.3. The number of carbonyl (C=O) groups is 2. The Labute approximate surface area is 99.5 Å². The summed E-state index contributed by atoms with van der Waals surface area (Å²) in [6, 6.07) is 8.63. The standard InChI is InChI=1S/C12H15NO4/c1-2-16-12(15)17-11(14)8-10(13)9-6-4-3-5-7-9/h3-7,10H,2,8,13H2,1H3/t10-/m0/s1. The molecule has 0 heterocycles. The molecule has 17 heavy (non-hydrogen) atoms. The highest BCUT2D eigenvalue weighted by Gasteiger charge is 2.16. The molecule has 1 aromatic carbocycles. The van der Waals surface area contributed by atoms with Gasteiger partial charge in [0.05, 0.1) is 13.0 Å². The molecule has 0 fully saturated rings. The zero-order valence-corrected chi connectivity index (χ0v) is 9.59. The van der Waals surface area contributed by atoms with Gasteiger partial charge in [-0.3, -0.25) is 4.79 Å². The van der Waals surface area contributed by atoms with E-state index in [4.69, 9.17) is 5.73 Å². The molecule has 0 saturated heterocycles. The van der Waals surface area contributed by atoms with Gasteiger partial charge < -0.3 is 15.2 Å². The van der Waals surface area contributed by atoms with Gasteiger partial charge in [-0.2, -0.15) is 0 Å². The fourth-order valence-electron chi connectivity index (χ4n) is 1.28. The van der Waals surface area contributed by atoms with Crippen molar-refractivity contribution in [3.05, 3.63) is 35.9 Å². The third-order valence-electron chi connectivity index (χ3n) is 2.07. The predicted octanol–water partition coefficient (Wildman–Crippen LogP) is 1.78. The van der Waals surface area contributed by atoms with E-state index in [1.54, 1.807) is 6.92 Å². The molecular weight excluding hydrogens is 222 g/mol. The highest BCUT2D eigenvalue weighted by molar-refractivity contribution is 5.82. The molecule has 0 saturated carbocycles. The first-order valence-corrected chi connectivity index (χ1v) is 5.31. The van der Waals surface area contributed by atoms with E-state index in [-0.39, 0.29) is 13.0 Å². The van der Waals surface area contributed by atoms with Crippen molar-refractivity contribution in [2.45, 2.75) is 19.4 Å². The van der Waals surface area contributed by atoms with Gasteiger partial charge in [-0.1, -0.05) is 30.3 Å². The number of carbonyl (C=O) groups excluding carboxylic acids is 2. The topological polar surface area (TPSA) is 78.6 Å². The second-order valence-electron chi connectivity index (χ2n) is 3.38. The van der Waals surface area contributed by atoms with Gasteiger partial charge in [0.15, 0.2) is 0 Å². The fraction of sp³-hybridized carbons (Fsp3) is 0.333. The molecule has 1 rings (SSSR count). The summed E-state index contributed by atoms with van der Waals surface area (Å²) >= 11 is 0. The molecular formula is C12H15NO4. The number of nitrogens with two attached hydrogens (primary N) is 1. The minimum absolute atomic E-state index is 0.0666. The van der Waals surface area contributed by atoms with E-state index >= 15 is 0 Å². The Morgan fingerprint density at radius 3 is 2.53 bits per heavy atom. The quantitative estimate of drug-likeness (QED) is 0.637. The van der Waals surface area contributed by atoms with E-state index < -0.39 is 18.2 Å². The summed E-state index contributed by atoms with van der Waals surface area (Å²) in [7, 11) is 0. The van der Waals surface area contributed by atoms with Crippen molar-refractivity contribution in [2.24, 2.45) is 5.73 Å². The molecule has 0 radical (unpaired) electrons. The first kappa shape index (κ1) is 13.2. The van der Waals surface area contributed by atoms with E-state index in [0.717, 1.165) is 5.56 Å². The Kier molecular flexibility index (Phi) is 5.16. The first-order chi connectivity index (χ1) is 8.13. The molecule has 0 aliphatic rings. The molecule has 0 aliphatic carbocycles. The molecule has 0 unspecified atom stereocenters. The van der Waals surface area contributed by atoms with Crippen molar-refractivity contribution in [2.75, 3.05) is 6.61 Å². The van der Waals surface area contributed by atoms with Crippen LogP contribution in [0.15, 0.2) is 30.3 Å². The predicted molar refractivity (Wildman–Crippen MR) is 61.1 cm³/mol. The summed E-state index contributed by atoms with van der Waals surface area (Å²) in [4.78, 5) is 22.2. The second-order valence-corrected chi connectivity index (χ2v) is 3.38. The van der Waals surface area contributed by atoms with Gasteiger partial charge in [0.2, 0.25) is 0 Å². The first-order valence-electron chi connectivity index (χ1n) is 5.31. The van der Waals surface area contributed by atoms with Crippen molar-refractivity contribution in [3.8, 4) is 0 Å². The van der Waals surface area contributed by atoms with Crippen LogP contribution >= 0.6 is 0 Å². The lowest BCUT2D eigenvalue weighted by Crippen LogP contribution is -2.20. The van der Waals surface area contributed by atoms with E-state index in [9.17, 15) is 9.59 Å². The maximum Gasteiger partial charge on any atom is 0.516 e. The van der Waals surface area contributed by atoms with Crippen LogP contribution in [0.2, 0.25) is 0 Å². The molecule has 92 valence electrons. The third-order valence-corrected chi connectivity index (χ3v) is 2.07. The van der Waals surface area contributed by atoms with E-state index in [0.29, 0.717) is 0 Å². The molecule has 1 aromatic rings. The van der Waals surface area contributed by atoms with E-state index in [2.05, 4.69) is 9.47 Å². The van der Waals surface area contributed by atoms with Gasteiger partial charge >= 0.3 is 12.1 Å². The number of esters is 1. The highest BCUT2D eigenvalue weighted by atomic mass is 16.7. The summed E-state index contributed by atoms with van der Waals surface area (Å²) in [5, 5.41) is 0. The van der Waals surface area contributed by atoms with E-state index in [1.807, 2.05) is 30.3 Å². The average Bonchev–Trinajstić information content (AvgIpc) is 2.30. The molecule has 5 heteroatoms. The maximum absolute atomic E-state index is 11.3. The van der Waals surface area contributed by atoms with Gasteiger partial charge in [0, 0.05) is 6.04 Å². The van der Waals surface area contributed by atoms with Crippen LogP contribution in [0.5, 0.6) is 0 Å². The van der Waals surface area contributed by atoms with Gasteiger partial charge in [0.25, 0.3) is 0 Å². The smallest absolute Gasteiger partial charge is 0.434 e. The van der Waals surface area contributed by atoms with Gasteiger partial charge in [-0.05, 0) is 12.5 Å². The minimum Gasteiger partial charge on any atom is -0.434 e. The molecule has 2 N–H and O–H groups in total. The van der Waals surface area contributed by atoms with Crippen molar-refractivity contribution in [1.82, 2.24) is 0 Å². The molecule has 5 nitrogen and oxygen atoms in total. The molecule has 0 spiro atoms. The summed E-state index contributed by atoms with van der Waals surface area (Å²) in [5.41, 5.74) is 6.61. The number of hydrogen-bond acceptors (Lipinski definition) is 5. The largest absolute Gasteiger partial charge is 0.516 e. The second kappa shape index (κ2) is 6.65. The van der Waals surface area contributed by atoms with Crippen LogP contribution < -0.4 is 5.73 Å². The van der Waals surface area contributed by atoms with E-state index in [1.165, 1.54) is 0 Å². The SMILES string of the molecule is CCOC(=O)OC(=O)C[C@H](N)c1ccccc1. The Balaban J connectivity index is 2.44. The fourth-order valence-corrected chi connectivity index (χ4v) is 1.28. The monoisotopic (exact) mass is 237 g/mol. The third kappa shape index (κ3) is 4.65. The number of rotatable bonds is 4. The number of benzene rings is 1. The minimum atomic E-state index is -0.988. The van der Waals surface area contributed by atoms with Crippen molar-refractivity contribution < 1.29 is 19.1 Å². The van der Waals surface area contributed by atoms with Crippen LogP contribution in [0.3, 0.4) is 0 Å². The van der Waals surface area contributed by atoms with Crippen molar-refractivity contribution >= 4 is 12.1 Å². The van der Waals surface area contributed by atoms with Crippen LogP contribution in [0, 0.1) is 0 Å². The number of hydrogen-bond donors (Lipinski definition) is 1. The Morgan fingerprint density at radius 2 is 1.94 bits per heavy atom. The summed E-state index contributed by atoms with van der Waals surface area (Å²) in [6.07, 6.45) is -1.05. The lowest BCUT2D eigenvalue weighted by Gasteiger charge is -2.10. The van der Waals surface area contributed by atoms with Gasteiger partial charge in [-0.25, -0.2) is 4.79 Å². The Bertz CT molecular complexity index is 377. The summed E-state index contributed by atoms with van der Waals surface area (Å²) < 4.78 is 8.88. The van der Waals surface area contributed by atoms with Crippen LogP contribution in [-0.4, -0.2) is 18.7 Å². The normalized spacial score (nSPS) is 11.6. The molecule has 0 aliphatic heterocycles. The zero-order valence-electron chi connectivity index (χ0n) is 9.59. The summed E-state index contributed by atoms with van der Waals surface area (Å²) in [5.74, 6) is -0.695. The van der Waals surface area contributed by atoms with Crippen molar-refractivity contribution in [1.29, 1.82) is 0 Å². The lowest BCUT2D eigenvalue weighted by molar-refractivity contribution is -0.140. The zero-order chi connectivity index (χ0) is 12.7. The molecule has 0 amide bonds. The molecule has 0 aromatic heterocycles. The van der Waals surface area contributed by atoms with Crippen LogP contribution in [0.1, 0.15) is 24.9 Å². The van der Waals surface area contributed by atoms with Crippen LogP contribution in [0.4, 0.5) is 4.79 Å². The van der Waals surface area contributed by atoms with Crippen molar-refractivity contribution in [3.63, 3.8) is 0 Å². The lowest BCUT2D eigenvalue weighted by atomic mass is 10.1. The summed E-state index contributed by atoms with van der Waals surface area (Å²) in [6.45, 7) is 1.79.